The van der Waals surface area contributed by atoms with Gasteiger partial charge in [-0.05, 0) is 56.7 Å². The molecule has 3 aliphatic rings. The summed E-state index contributed by atoms with van der Waals surface area (Å²) in [7, 11) is -3.55. The molecule has 0 bridgehead atoms. The van der Waals surface area contributed by atoms with Crippen LogP contribution < -0.4 is 16.4 Å². The molecular weight excluding hydrogens is 547 g/mol. The van der Waals surface area contributed by atoms with Gasteiger partial charge in [0.2, 0.25) is 0 Å². The Bertz CT molecular complexity index is 1580. The first-order valence-electron chi connectivity index (χ1n) is 13.0. The Morgan fingerprint density at radius 2 is 2.02 bits per heavy atom. The van der Waals surface area contributed by atoms with E-state index in [9.17, 15) is 21.6 Å². The maximum atomic E-state index is 14.2. The monoisotopic (exact) mass is 575 g/mol. The van der Waals surface area contributed by atoms with Crippen LogP contribution in [0.15, 0.2) is 54.9 Å². The number of nitrogens with two attached hydrogens (primary N) is 1. The Morgan fingerprint density at radius 3 is 2.75 bits per heavy atom. The first-order valence-corrected chi connectivity index (χ1v) is 14.5. The summed E-state index contributed by atoms with van der Waals surface area (Å²) >= 11 is 0. The average molecular weight is 576 g/mol. The van der Waals surface area contributed by atoms with Crippen molar-refractivity contribution in [2.45, 2.75) is 68.2 Å². The summed E-state index contributed by atoms with van der Waals surface area (Å²) in [5, 5.41) is 14.0. The summed E-state index contributed by atoms with van der Waals surface area (Å²) in [5.41, 5.74) is 7.44. The molecule has 6 rings (SSSR count). The van der Waals surface area contributed by atoms with Crippen LogP contribution in [-0.2, 0) is 15.7 Å². The molecule has 4 N–H and O–H groups in total. The smallest absolute Gasteiger partial charge is 0.333 e. The van der Waals surface area contributed by atoms with Crippen LogP contribution in [0.5, 0.6) is 0 Å². The topological polar surface area (TPSA) is 146 Å². The molecular formula is C25H28F3N9O2S. The highest BCUT2D eigenvalue weighted by molar-refractivity contribution is 7.90. The lowest BCUT2D eigenvalue weighted by molar-refractivity contribution is 0.0565. The fourth-order valence-corrected chi connectivity index (χ4v) is 6.45. The maximum Gasteiger partial charge on any atom is 0.333 e. The molecule has 212 valence electrons. The van der Waals surface area contributed by atoms with E-state index < -0.39 is 33.7 Å². The minimum atomic E-state index is -3.55. The molecule has 2 aliphatic carbocycles. The van der Waals surface area contributed by atoms with Crippen LogP contribution in [0.4, 0.5) is 13.2 Å². The Kier molecular flexibility index (Phi) is 6.65. The second-order valence-corrected chi connectivity index (χ2v) is 12.4. The number of hydrogen-bond donors (Lipinski definition) is 3. The SMILES string of the molecule is NC1(c2ccnc(-c3cnn(S(=O)(=O)C4CC4)c3)n2)C=C(NC2CCCC(F)C2)C(c2ccn(C(F)F)n2)=CN1. The molecule has 4 heterocycles. The maximum absolute atomic E-state index is 14.2. The van der Waals surface area contributed by atoms with Gasteiger partial charge in [0.1, 0.15) is 6.17 Å². The zero-order valence-electron chi connectivity index (χ0n) is 21.3. The highest BCUT2D eigenvalue weighted by Crippen LogP contribution is 2.33. The van der Waals surface area contributed by atoms with Gasteiger partial charge in [-0.2, -0.15) is 23.1 Å². The molecule has 2 saturated carbocycles. The van der Waals surface area contributed by atoms with Crippen LogP contribution in [0.2, 0.25) is 0 Å². The first-order chi connectivity index (χ1) is 19.1. The van der Waals surface area contributed by atoms with Crippen molar-refractivity contribution in [2.75, 3.05) is 0 Å². The molecule has 0 amide bonds. The number of dihydropyridines is 1. The third-order valence-electron chi connectivity index (χ3n) is 7.28. The van der Waals surface area contributed by atoms with Gasteiger partial charge in [0, 0.05) is 35.9 Å². The minimum Gasteiger partial charge on any atom is -0.382 e. The van der Waals surface area contributed by atoms with E-state index in [-0.39, 0.29) is 17.6 Å². The zero-order valence-corrected chi connectivity index (χ0v) is 22.1. The normalized spacial score (nSPS) is 25.3. The predicted molar refractivity (Wildman–Crippen MR) is 139 cm³/mol. The summed E-state index contributed by atoms with van der Waals surface area (Å²) in [4.78, 5) is 8.86. The Morgan fingerprint density at radius 1 is 1.20 bits per heavy atom. The molecule has 15 heteroatoms. The van der Waals surface area contributed by atoms with Crippen molar-refractivity contribution >= 4 is 15.6 Å². The van der Waals surface area contributed by atoms with E-state index >= 15 is 0 Å². The van der Waals surface area contributed by atoms with Crippen LogP contribution in [0.1, 0.15) is 56.5 Å². The van der Waals surface area contributed by atoms with E-state index in [0.29, 0.717) is 52.9 Å². The fraction of sp³-hybridized carbons (Fsp3) is 0.440. The molecule has 0 aromatic carbocycles. The number of alkyl halides is 3. The van der Waals surface area contributed by atoms with Gasteiger partial charge < -0.3 is 16.4 Å². The summed E-state index contributed by atoms with van der Waals surface area (Å²) in [5.74, 6) is 0.224. The van der Waals surface area contributed by atoms with Crippen LogP contribution in [0, 0.1) is 0 Å². The predicted octanol–water partition coefficient (Wildman–Crippen LogP) is 2.78. The molecule has 3 aromatic heterocycles. The van der Waals surface area contributed by atoms with Gasteiger partial charge in [0.05, 0.1) is 34.6 Å². The molecule has 0 spiro atoms. The van der Waals surface area contributed by atoms with Crippen LogP contribution in [-0.4, -0.2) is 54.8 Å². The van der Waals surface area contributed by atoms with Crippen molar-refractivity contribution in [2.24, 2.45) is 5.73 Å². The molecule has 11 nitrogen and oxygen atoms in total. The molecule has 3 unspecified atom stereocenters. The zero-order chi connectivity index (χ0) is 28.1. The quantitative estimate of drug-likeness (QED) is 0.369. The van der Waals surface area contributed by atoms with Crippen molar-refractivity contribution in [1.29, 1.82) is 0 Å². The molecule has 0 radical (unpaired) electrons. The van der Waals surface area contributed by atoms with Crippen molar-refractivity contribution < 1.29 is 21.6 Å². The van der Waals surface area contributed by atoms with E-state index in [4.69, 9.17) is 5.73 Å². The number of allylic oxidation sites excluding steroid dienone is 1. The highest BCUT2D eigenvalue weighted by Gasteiger charge is 2.38. The largest absolute Gasteiger partial charge is 0.382 e. The van der Waals surface area contributed by atoms with Crippen LogP contribution in [0.3, 0.4) is 0 Å². The molecule has 2 fully saturated rings. The Hall–Kier alpha value is -3.72. The summed E-state index contributed by atoms with van der Waals surface area (Å²) in [6.07, 6.45) is 11.2. The van der Waals surface area contributed by atoms with Crippen LogP contribution >= 0.6 is 0 Å². The average Bonchev–Trinajstić information content (AvgIpc) is 3.47. The van der Waals surface area contributed by atoms with Gasteiger partial charge in [-0.25, -0.2) is 27.5 Å². The third-order valence-corrected chi connectivity index (χ3v) is 9.31. The van der Waals surface area contributed by atoms with Gasteiger partial charge in [0.15, 0.2) is 11.5 Å². The van der Waals surface area contributed by atoms with Crippen molar-refractivity contribution in [3.05, 3.63) is 66.3 Å². The van der Waals surface area contributed by atoms with Gasteiger partial charge in [-0.3, -0.25) is 0 Å². The number of nitrogens with one attached hydrogen (secondary N) is 2. The summed E-state index contributed by atoms with van der Waals surface area (Å²) in [6.45, 7) is -2.80. The van der Waals surface area contributed by atoms with Crippen molar-refractivity contribution in [3.8, 4) is 11.4 Å². The molecule has 0 saturated heterocycles. The number of hydrogen-bond acceptors (Lipinski definition) is 9. The van der Waals surface area contributed by atoms with Crippen LogP contribution in [0.25, 0.3) is 17.0 Å². The minimum absolute atomic E-state index is 0.182. The van der Waals surface area contributed by atoms with Gasteiger partial charge in [0.25, 0.3) is 10.0 Å². The summed E-state index contributed by atoms with van der Waals surface area (Å²) in [6, 6.07) is 2.89. The third kappa shape index (κ3) is 5.10. The number of aromatic nitrogens is 6. The second kappa shape index (κ2) is 10.0. The first kappa shape index (κ1) is 26.5. The highest BCUT2D eigenvalue weighted by atomic mass is 32.2. The lowest BCUT2D eigenvalue weighted by Gasteiger charge is -2.35. The van der Waals surface area contributed by atoms with E-state index in [1.807, 2.05) is 0 Å². The Balaban J connectivity index is 1.32. The molecule has 3 aromatic rings. The Labute approximate surface area is 228 Å². The second-order valence-electron chi connectivity index (χ2n) is 10.3. The fourth-order valence-electron chi connectivity index (χ4n) is 4.97. The van der Waals surface area contributed by atoms with Gasteiger partial charge in [-0.15, -0.1) is 0 Å². The summed E-state index contributed by atoms with van der Waals surface area (Å²) < 4.78 is 67.2. The number of nitrogens with zero attached hydrogens (tertiary/aromatic N) is 6. The van der Waals surface area contributed by atoms with E-state index in [0.717, 1.165) is 16.9 Å². The number of halogens is 3. The van der Waals surface area contributed by atoms with E-state index in [1.54, 1.807) is 18.3 Å². The number of rotatable bonds is 8. The van der Waals surface area contributed by atoms with E-state index in [2.05, 4.69) is 30.8 Å². The standard InChI is InChI=1S/C25H28F3N9O2S/c26-16-2-1-3-17(10-16)33-21-11-25(29,31-13-19(21)20-7-9-36(35-20)24(27)28)22-6-8-30-23(34-22)15-12-32-37(14-15)40(38,39)18-4-5-18/h6-9,11-14,16-18,24,31,33H,1-5,10,29H2. The van der Waals surface area contributed by atoms with Crippen molar-refractivity contribution in [1.82, 2.24) is 39.6 Å². The van der Waals surface area contributed by atoms with E-state index in [1.165, 1.54) is 30.9 Å². The molecule has 40 heavy (non-hydrogen) atoms. The lowest BCUT2D eigenvalue weighted by Crippen LogP contribution is -2.50. The lowest BCUT2D eigenvalue weighted by atomic mass is 9.91. The molecule has 3 atom stereocenters. The van der Waals surface area contributed by atoms with Crippen molar-refractivity contribution in [3.63, 3.8) is 0 Å². The molecule has 1 aliphatic heterocycles. The van der Waals surface area contributed by atoms with Gasteiger partial charge in [-0.1, -0.05) is 0 Å². The van der Waals surface area contributed by atoms with Gasteiger partial charge >= 0.3 is 6.55 Å².